The number of nitrogens with zero attached hydrogens (tertiary/aromatic N) is 5. The van der Waals surface area contributed by atoms with Crippen LogP contribution in [0.2, 0.25) is 0 Å². The molecule has 0 spiro atoms. The molecule has 1 N–H and O–H groups in total. The van der Waals surface area contributed by atoms with Gasteiger partial charge in [0.1, 0.15) is 22.7 Å². The fourth-order valence-electron chi connectivity index (χ4n) is 3.45. The Morgan fingerprint density at radius 1 is 0.919 bits per heavy atom. The van der Waals surface area contributed by atoms with Gasteiger partial charge >= 0.3 is 12.1 Å². The molecule has 4 aromatic heterocycles. The zero-order chi connectivity index (χ0) is 27.4. The quantitative estimate of drug-likeness (QED) is 0.262. The minimum Gasteiger partial charge on any atom is -0.422 e. The van der Waals surface area contributed by atoms with Gasteiger partial charge in [0.25, 0.3) is 5.89 Å². The smallest absolute Gasteiger partial charge is 0.422 e. The largest absolute Gasteiger partial charge is 0.459 e. The number of aliphatic hydroxyl groups excluding tert-OH is 1. The third kappa shape index (κ3) is 5.15. The summed E-state index contributed by atoms with van der Waals surface area (Å²) in [6.07, 6.45) is -3.40. The van der Waals surface area contributed by atoms with Crippen molar-refractivity contribution in [1.29, 1.82) is 0 Å². The lowest BCUT2D eigenvalue weighted by atomic mass is 9.99. The molecular formula is C25H24F5N5O2. The first-order valence-corrected chi connectivity index (χ1v) is 11.4. The maximum Gasteiger partial charge on any atom is 0.459 e. The molecule has 0 bridgehead atoms. The lowest BCUT2D eigenvalue weighted by Crippen LogP contribution is -2.34. The summed E-state index contributed by atoms with van der Waals surface area (Å²) in [5.41, 5.74) is -0.147. The fourth-order valence-corrected chi connectivity index (χ4v) is 3.45. The summed E-state index contributed by atoms with van der Waals surface area (Å²) in [4.78, 5) is 7.96. The van der Waals surface area contributed by atoms with E-state index in [1.807, 2.05) is 27.7 Å². The fraction of sp³-hybridized carbons (Fsp3) is 0.280. The van der Waals surface area contributed by atoms with Crippen LogP contribution in [-0.4, -0.2) is 35.8 Å². The Labute approximate surface area is 208 Å². The molecule has 7 nitrogen and oxygen atoms in total. The first-order chi connectivity index (χ1) is 17.7. The van der Waals surface area contributed by atoms with Gasteiger partial charge in [-0.05, 0) is 34.9 Å². The number of benzene rings is 1. The van der Waals surface area contributed by atoms with Crippen molar-refractivity contribution in [2.75, 3.05) is 0 Å². The van der Waals surface area contributed by atoms with E-state index in [2.05, 4.69) is 20.2 Å². The molecule has 5 aromatic rings. The molecule has 5 rings (SSSR count). The number of aromatic nitrogens is 5. The highest BCUT2D eigenvalue weighted by atomic mass is 19.4. The topological polar surface area (TPSA) is 89.3 Å². The normalized spacial score (nSPS) is 11.6. The number of rotatable bonds is 4. The van der Waals surface area contributed by atoms with Crippen LogP contribution in [-0.2, 0) is 12.5 Å². The number of fused-ring (bicyclic) bond motifs is 3. The van der Waals surface area contributed by atoms with Crippen LogP contribution in [0.15, 0.2) is 59.5 Å². The Bertz CT molecular complexity index is 1460. The Balaban J connectivity index is 0.000000907. The van der Waals surface area contributed by atoms with E-state index in [0.717, 1.165) is 12.5 Å². The van der Waals surface area contributed by atoms with E-state index < -0.39 is 17.8 Å². The molecule has 0 atom stereocenters. The summed E-state index contributed by atoms with van der Waals surface area (Å²) in [5, 5.41) is 16.8. The Morgan fingerprint density at radius 3 is 2.16 bits per heavy atom. The minimum absolute atomic E-state index is 0.0449. The molecular weight excluding hydrogens is 497 g/mol. The van der Waals surface area contributed by atoms with Crippen LogP contribution in [0.3, 0.4) is 0 Å². The van der Waals surface area contributed by atoms with Crippen molar-refractivity contribution >= 4 is 16.7 Å². The second-order valence-electron chi connectivity index (χ2n) is 7.15. The zero-order valence-electron chi connectivity index (χ0n) is 20.4. The van der Waals surface area contributed by atoms with Crippen molar-refractivity contribution in [3.63, 3.8) is 0 Å². The van der Waals surface area contributed by atoms with E-state index in [1.165, 1.54) is 28.8 Å². The number of alkyl halides is 5. The first-order valence-electron chi connectivity index (χ1n) is 11.4. The molecule has 0 aliphatic rings. The molecule has 0 fully saturated rings. The van der Waals surface area contributed by atoms with Crippen LogP contribution in [0.4, 0.5) is 22.0 Å². The molecule has 37 heavy (non-hydrogen) atoms. The van der Waals surface area contributed by atoms with Crippen LogP contribution in [0.1, 0.15) is 39.0 Å². The molecule has 12 heteroatoms. The average molecular weight is 521 g/mol. The van der Waals surface area contributed by atoms with E-state index in [0.29, 0.717) is 16.5 Å². The van der Waals surface area contributed by atoms with Crippen molar-refractivity contribution in [2.24, 2.45) is 0 Å². The number of halogens is 5. The molecule has 0 amide bonds. The van der Waals surface area contributed by atoms with E-state index in [4.69, 9.17) is 4.42 Å². The highest BCUT2D eigenvalue weighted by Crippen LogP contribution is 2.45. The van der Waals surface area contributed by atoms with Gasteiger partial charge in [0.2, 0.25) is 6.39 Å². The van der Waals surface area contributed by atoms with Crippen molar-refractivity contribution in [1.82, 2.24) is 24.6 Å². The van der Waals surface area contributed by atoms with Crippen molar-refractivity contribution in [3.05, 3.63) is 66.3 Å². The standard InChI is InChI=1S/C21H12F5N5O2.2C2H6/c22-20(23,21(24,25)26)16-7-14(12-3-1-11(9-32)2-4-12)13-5-6-17-28-15(19-30-27-10-33-19)8-31(17)18(13)29-16;2*1-2/h1-8,10,32H,9H2;2*1-2H3. The average Bonchev–Trinajstić information content (AvgIpc) is 3.60. The van der Waals surface area contributed by atoms with Gasteiger partial charge in [-0.2, -0.15) is 22.0 Å². The molecule has 0 saturated heterocycles. The van der Waals surface area contributed by atoms with E-state index in [1.54, 1.807) is 18.2 Å². The lowest BCUT2D eigenvalue weighted by molar-refractivity contribution is -0.290. The Hall–Kier alpha value is -3.93. The third-order valence-corrected chi connectivity index (χ3v) is 5.10. The van der Waals surface area contributed by atoms with Gasteiger partial charge in [-0.3, -0.25) is 4.40 Å². The summed E-state index contributed by atoms with van der Waals surface area (Å²) in [7, 11) is 0. The summed E-state index contributed by atoms with van der Waals surface area (Å²) >= 11 is 0. The summed E-state index contributed by atoms with van der Waals surface area (Å²) < 4.78 is 74.7. The summed E-state index contributed by atoms with van der Waals surface area (Å²) in [6.45, 7) is 7.75. The molecule has 0 radical (unpaired) electrons. The number of pyridine rings is 2. The van der Waals surface area contributed by atoms with Gasteiger partial charge in [-0.1, -0.05) is 52.0 Å². The number of imidazole rings is 1. The summed E-state index contributed by atoms with van der Waals surface area (Å²) in [6, 6.07) is 9.98. The first kappa shape index (κ1) is 27.7. The second-order valence-corrected chi connectivity index (χ2v) is 7.15. The maximum absolute atomic E-state index is 14.4. The van der Waals surface area contributed by atoms with Gasteiger partial charge in [-0.25, -0.2) is 9.97 Å². The highest BCUT2D eigenvalue weighted by Gasteiger charge is 2.60. The third-order valence-electron chi connectivity index (χ3n) is 5.10. The molecule has 196 valence electrons. The second kappa shape index (κ2) is 11.0. The Kier molecular flexibility index (Phi) is 8.22. The van der Waals surface area contributed by atoms with Crippen LogP contribution in [0.5, 0.6) is 0 Å². The van der Waals surface area contributed by atoms with Gasteiger partial charge in [0.15, 0.2) is 0 Å². The van der Waals surface area contributed by atoms with Crippen molar-refractivity contribution < 1.29 is 31.5 Å². The van der Waals surface area contributed by atoms with Gasteiger partial charge < -0.3 is 9.52 Å². The molecule has 1 aromatic carbocycles. The number of aliphatic hydroxyl groups is 1. The number of hydrogen-bond acceptors (Lipinski definition) is 6. The van der Waals surface area contributed by atoms with Crippen LogP contribution < -0.4 is 0 Å². The van der Waals surface area contributed by atoms with Gasteiger partial charge in [-0.15, -0.1) is 10.2 Å². The molecule has 0 saturated carbocycles. The van der Waals surface area contributed by atoms with E-state index in [-0.39, 0.29) is 35.0 Å². The van der Waals surface area contributed by atoms with Crippen LogP contribution in [0, 0.1) is 0 Å². The van der Waals surface area contributed by atoms with E-state index >= 15 is 0 Å². The van der Waals surface area contributed by atoms with Crippen molar-refractivity contribution in [3.8, 4) is 22.7 Å². The van der Waals surface area contributed by atoms with Crippen molar-refractivity contribution in [2.45, 2.75) is 46.4 Å². The highest BCUT2D eigenvalue weighted by molar-refractivity contribution is 5.94. The minimum atomic E-state index is -5.84. The predicted octanol–water partition coefficient (Wildman–Crippen LogP) is 6.80. The SMILES string of the molecule is CC.CC.OCc1ccc(-c2cc(C(F)(F)C(F)(F)F)nc3c2ccc2nc(-c4nnco4)cn23)cc1. The molecule has 0 unspecified atom stereocenters. The molecule has 0 aliphatic heterocycles. The number of hydrogen-bond donors (Lipinski definition) is 1. The molecule has 0 aliphatic carbocycles. The summed E-state index contributed by atoms with van der Waals surface area (Å²) in [5.74, 6) is -5.15. The molecule has 4 heterocycles. The van der Waals surface area contributed by atoms with Gasteiger partial charge in [0, 0.05) is 11.6 Å². The van der Waals surface area contributed by atoms with Gasteiger partial charge in [0.05, 0.1) is 6.61 Å². The lowest BCUT2D eigenvalue weighted by Gasteiger charge is -2.20. The zero-order valence-corrected chi connectivity index (χ0v) is 20.4. The Morgan fingerprint density at radius 2 is 1.59 bits per heavy atom. The van der Waals surface area contributed by atoms with Crippen LogP contribution in [0.25, 0.3) is 39.4 Å². The van der Waals surface area contributed by atoms with Crippen LogP contribution >= 0.6 is 0 Å². The maximum atomic E-state index is 14.4. The predicted molar refractivity (Wildman–Crippen MR) is 128 cm³/mol. The van der Waals surface area contributed by atoms with E-state index in [9.17, 15) is 27.1 Å². The monoisotopic (exact) mass is 521 g/mol.